The number of halogens is 2. The molecular formula is C27H43Br2CoN3. The van der Waals surface area contributed by atoms with Crippen LogP contribution in [0.4, 0.5) is 11.4 Å². The SMILES string of the molecule is CCc1cccc(CC)c1NC(C)CN(C)CC(C)Nc1c(CC)cccc1CC.[Br-].[Br-].[Co+2]. The summed E-state index contributed by atoms with van der Waals surface area (Å²) in [4.78, 5) is 2.44. The zero-order valence-corrected chi connectivity index (χ0v) is 25.6. The minimum Gasteiger partial charge on any atom is -1.00 e. The Morgan fingerprint density at radius 2 is 0.909 bits per heavy atom. The van der Waals surface area contributed by atoms with E-state index in [-0.39, 0.29) is 50.7 Å². The predicted octanol–water partition coefficient (Wildman–Crippen LogP) is 0.175. The van der Waals surface area contributed by atoms with Crippen LogP contribution in [0.2, 0.25) is 0 Å². The summed E-state index contributed by atoms with van der Waals surface area (Å²) in [5.74, 6) is 0. The van der Waals surface area contributed by atoms with E-state index in [4.69, 9.17) is 0 Å². The van der Waals surface area contributed by atoms with Crippen LogP contribution in [0.1, 0.15) is 63.8 Å². The molecule has 0 aliphatic carbocycles. The van der Waals surface area contributed by atoms with Crippen LogP contribution >= 0.6 is 0 Å². The van der Waals surface area contributed by atoms with Crippen LogP contribution in [-0.2, 0) is 42.5 Å². The van der Waals surface area contributed by atoms with E-state index in [0.717, 1.165) is 38.8 Å². The van der Waals surface area contributed by atoms with Crippen molar-refractivity contribution in [1.82, 2.24) is 4.90 Å². The van der Waals surface area contributed by atoms with Gasteiger partial charge in [-0.1, -0.05) is 64.1 Å². The number of rotatable bonds is 12. The fraction of sp³-hybridized carbons (Fsp3) is 0.556. The zero-order chi connectivity index (χ0) is 22.1. The molecule has 0 saturated heterocycles. The molecule has 2 unspecified atom stereocenters. The molecule has 2 aromatic rings. The smallest absolute Gasteiger partial charge is 1.00 e. The fourth-order valence-electron chi connectivity index (χ4n) is 4.45. The van der Waals surface area contributed by atoms with E-state index in [1.54, 1.807) is 0 Å². The minimum atomic E-state index is 0. The van der Waals surface area contributed by atoms with Crippen LogP contribution in [0.15, 0.2) is 36.4 Å². The molecule has 0 heterocycles. The second-order valence-corrected chi connectivity index (χ2v) is 8.63. The third-order valence-electron chi connectivity index (χ3n) is 5.95. The summed E-state index contributed by atoms with van der Waals surface area (Å²) in [7, 11) is 2.23. The van der Waals surface area contributed by atoms with E-state index in [2.05, 4.69) is 101 Å². The van der Waals surface area contributed by atoms with Crippen molar-refractivity contribution in [3.8, 4) is 0 Å². The Bertz CT molecular complexity index is 691. The van der Waals surface area contributed by atoms with E-state index >= 15 is 0 Å². The normalized spacial score (nSPS) is 12.1. The van der Waals surface area contributed by atoms with Gasteiger partial charge in [-0.15, -0.1) is 0 Å². The first-order chi connectivity index (χ1) is 14.4. The number of aryl methyl sites for hydroxylation is 4. The molecule has 2 aromatic carbocycles. The summed E-state index contributed by atoms with van der Waals surface area (Å²) in [5.41, 5.74) is 8.37. The van der Waals surface area contributed by atoms with E-state index in [1.165, 1.54) is 33.6 Å². The van der Waals surface area contributed by atoms with Crippen LogP contribution in [0.25, 0.3) is 0 Å². The number of likely N-dealkylation sites (N-methyl/N-ethyl adjacent to an activating group) is 1. The molecule has 189 valence electrons. The number of para-hydroxylation sites is 2. The summed E-state index contributed by atoms with van der Waals surface area (Å²) >= 11 is 0. The molecule has 0 fully saturated rings. The van der Waals surface area contributed by atoms with Crippen molar-refractivity contribution in [2.45, 2.75) is 79.3 Å². The molecular weight excluding hydrogens is 585 g/mol. The van der Waals surface area contributed by atoms with Crippen LogP contribution in [0.3, 0.4) is 0 Å². The van der Waals surface area contributed by atoms with Crippen molar-refractivity contribution < 1.29 is 50.7 Å². The number of nitrogens with one attached hydrogen (secondary N) is 2. The first kappa shape index (κ1) is 34.6. The molecule has 2 atom stereocenters. The summed E-state index contributed by atoms with van der Waals surface area (Å²) in [6.07, 6.45) is 4.26. The van der Waals surface area contributed by atoms with Crippen molar-refractivity contribution in [1.29, 1.82) is 0 Å². The van der Waals surface area contributed by atoms with Gasteiger partial charge in [0.05, 0.1) is 0 Å². The molecule has 0 bridgehead atoms. The molecule has 0 amide bonds. The van der Waals surface area contributed by atoms with Crippen LogP contribution in [-0.4, -0.2) is 37.1 Å². The molecule has 0 saturated carbocycles. The van der Waals surface area contributed by atoms with Gasteiger partial charge in [0.15, 0.2) is 0 Å². The Labute approximate surface area is 234 Å². The van der Waals surface area contributed by atoms with Gasteiger partial charge in [0.25, 0.3) is 0 Å². The van der Waals surface area contributed by atoms with E-state index in [9.17, 15) is 0 Å². The minimum absolute atomic E-state index is 0. The fourth-order valence-corrected chi connectivity index (χ4v) is 4.45. The van der Waals surface area contributed by atoms with Crippen molar-refractivity contribution in [2.75, 3.05) is 30.8 Å². The Kier molecular flexibility index (Phi) is 18.7. The molecule has 0 aliphatic heterocycles. The molecule has 2 N–H and O–H groups in total. The zero-order valence-electron chi connectivity index (χ0n) is 21.4. The van der Waals surface area contributed by atoms with Gasteiger partial charge in [0.2, 0.25) is 0 Å². The first-order valence-electron chi connectivity index (χ1n) is 11.9. The summed E-state index contributed by atoms with van der Waals surface area (Å²) < 4.78 is 0. The van der Waals surface area contributed by atoms with E-state index in [0.29, 0.717) is 12.1 Å². The molecule has 1 radical (unpaired) electrons. The van der Waals surface area contributed by atoms with Crippen molar-refractivity contribution in [2.24, 2.45) is 0 Å². The third-order valence-corrected chi connectivity index (χ3v) is 5.95. The number of nitrogens with zero attached hydrogens (tertiary/aromatic N) is 1. The monoisotopic (exact) mass is 626 g/mol. The molecule has 0 aromatic heterocycles. The van der Waals surface area contributed by atoms with E-state index in [1.807, 2.05) is 0 Å². The van der Waals surface area contributed by atoms with Crippen molar-refractivity contribution in [3.05, 3.63) is 58.7 Å². The van der Waals surface area contributed by atoms with Gasteiger partial charge in [-0.05, 0) is 68.8 Å². The first-order valence-corrected chi connectivity index (χ1v) is 11.9. The molecule has 0 aliphatic rings. The predicted molar refractivity (Wildman–Crippen MR) is 134 cm³/mol. The summed E-state index contributed by atoms with van der Waals surface area (Å²) in [6.45, 7) is 15.6. The number of hydrogen-bond acceptors (Lipinski definition) is 3. The quantitative estimate of drug-likeness (QED) is 0.352. The Balaban J connectivity index is 0. The van der Waals surface area contributed by atoms with Gasteiger partial charge in [-0.25, -0.2) is 0 Å². The van der Waals surface area contributed by atoms with Crippen LogP contribution < -0.4 is 44.6 Å². The van der Waals surface area contributed by atoms with Crippen LogP contribution in [0.5, 0.6) is 0 Å². The van der Waals surface area contributed by atoms with Gasteiger partial charge in [0.1, 0.15) is 0 Å². The molecule has 33 heavy (non-hydrogen) atoms. The van der Waals surface area contributed by atoms with Gasteiger partial charge >= 0.3 is 16.8 Å². The molecule has 6 heteroatoms. The van der Waals surface area contributed by atoms with E-state index < -0.39 is 0 Å². The molecule has 3 nitrogen and oxygen atoms in total. The number of benzene rings is 2. The Morgan fingerprint density at radius 3 is 1.15 bits per heavy atom. The van der Waals surface area contributed by atoms with Gasteiger partial charge < -0.3 is 49.5 Å². The Morgan fingerprint density at radius 1 is 0.636 bits per heavy atom. The molecule has 2 rings (SSSR count). The average molecular weight is 628 g/mol. The maximum atomic E-state index is 3.81. The summed E-state index contributed by atoms with van der Waals surface area (Å²) in [6, 6.07) is 14.2. The second-order valence-electron chi connectivity index (χ2n) is 8.63. The second kappa shape index (κ2) is 17.8. The largest absolute Gasteiger partial charge is 2.00 e. The maximum Gasteiger partial charge on any atom is 2.00 e. The third kappa shape index (κ3) is 10.3. The maximum absolute atomic E-state index is 3.81. The number of hydrogen-bond donors (Lipinski definition) is 2. The summed E-state index contributed by atoms with van der Waals surface area (Å²) in [5, 5.41) is 7.62. The average Bonchev–Trinajstić information content (AvgIpc) is 2.73. The van der Waals surface area contributed by atoms with Gasteiger partial charge in [-0.2, -0.15) is 0 Å². The Hall–Kier alpha value is -0.534. The molecule has 0 spiro atoms. The topological polar surface area (TPSA) is 27.3 Å². The van der Waals surface area contributed by atoms with Gasteiger partial charge in [-0.3, -0.25) is 0 Å². The van der Waals surface area contributed by atoms with Crippen LogP contribution in [0, 0.1) is 0 Å². The standard InChI is InChI=1S/C27H43N3.2BrH.Co/c1-8-22-14-12-15-23(9-2)26(22)28-20(5)18-30(7)19-21(6)29-27-24(10-3)16-13-17-25(27)11-4;;;/h12-17,20-21,28-29H,8-11,18-19H2,1-7H3;2*1H;/q;;;+2/p-2. The van der Waals surface area contributed by atoms with Crippen molar-refractivity contribution >= 4 is 11.4 Å². The number of anilines is 2. The van der Waals surface area contributed by atoms with Crippen molar-refractivity contribution in [3.63, 3.8) is 0 Å². The van der Waals surface area contributed by atoms with Gasteiger partial charge in [0, 0.05) is 36.5 Å².